The number of aromatic nitrogens is 2. The number of ether oxygens (including phenoxy) is 1. The van der Waals surface area contributed by atoms with Gasteiger partial charge in [-0.25, -0.2) is 9.97 Å². The zero-order valence-electron chi connectivity index (χ0n) is 11.9. The Balaban J connectivity index is 1.53. The molecular formula is C15H22N4O. The zero-order valence-corrected chi connectivity index (χ0v) is 11.9. The van der Waals surface area contributed by atoms with Gasteiger partial charge in [-0.3, -0.25) is 0 Å². The maximum Gasteiger partial charge on any atom is 0.136 e. The van der Waals surface area contributed by atoms with E-state index in [1.54, 1.807) is 0 Å². The minimum absolute atomic E-state index is 0.382. The highest BCUT2D eigenvalue weighted by atomic mass is 16.5. The highest BCUT2D eigenvalue weighted by Gasteiger charge is 2.40. The van der Waals surface area contributed by atoms with Gasteiger partial charge in [0.2, 0.25) is 0 Å². The second-order valence-electron chi connectivity index (χ2n) is 6.23. The lowest BCUT2D eigenvalue weighted by atomic mass is 10.1. The molecule has 0 radical (unpaired) electrons. The Labute approximate surface area is 119 Å². The van der Waals surface area contributed by atoms with E-state index >= 15 is 0 Å². The van der Waals surface area contributed by atoms with Gasteiger partial charge < -0.3 is 15.4 Å². The second-order valence-corrected chi connectivity index (χ2v) is 6.23. The van der Waals surface area contributed by atoms with E-state index in [-0.39, 0.29) is 0 Å². The third-order valence-electron chi connectivity index (χ3n) is 4.50. The van der Waals surface area contributed by atoms with Crippen LogP contribution in [-0.4, -0.2) is 35.8 Å². The van der Waals surface area contributed by atoms with Crippen LogP contribution in [0.2, 0.25) is 0 Å². The second kappa shape index (κ2) is 4.88. The SMILES string of the molecule is CNc1cc(NC2CCOC2C2CC2)nc(C2CC2)n1. The van der Waals surface area contributed by atoms with Gasteiger partial charge in [0.1, 0.15) is 17.5 Å². The molecule has 1 saturated heterocycles. The highest BCUT2D eigenvalue weighted by molar-refractivity contribution is 5.48. The number of hydrogen-bond donors (Lipinski definition) is 2. The summed E-state index contributed by atoms with van der Waals surface area (Å²) in [4.78, 5) is 9.26. The Morgan fingerprint density at radius 2 is 1.90 bits per heavy atom. The molecular weight excluding hydrogens is 252 g/mol. The summed E-state index contributed by atoms with van der Waals surface area (Å²) < 4.78 is 5.89. The van der Waals surface area contributed by atoms with Crippen LogP contribution in [0, 0.1) is 5.92 Å². The molecule has 2 aliphatic carbocycles. The highest BCUT2D eigenvalue weighted by Crippen LogP contribution is 2.41. The van der Waals surface area contributed by atoms with Crippen molar-refractivity contribution in [3.63, 3.8) is 0 Å². The van der Waals surface area contributed by atoms with E-state index in [9.17, 15) is 0 Å². The molecule has 4 rings (SSSR count). The maximum atomic E-state index is 5.89. The summed E-state index contributed by atoms with van der Waals surface area (Å²) in [5.41, 5.74) is 0. The van der Waals surface area contributed by atoms with Crippen molar-refractivity contribution in [2.75, 3.05) is 24.3 Å². The first-order valence-electron chi connectivity index (χ1n) is 7.78. The van der Waals surface area contributed by atoms with Crippen molar-refractivity contribution in [2.45, 2.75) is 50.2 Å². The van der Waals surface area contributed by atoms with Crippen molar-refractivity contribution < 1.29 is 4.74 Å². The first-order chi connectivity index (χ1) is 9.83. The van der Waals surface area contributed by atoms with Crippen LogP contribution in [0.25, 0.3) is 0 Å². The minimum Gasteiger partial charge on any atom is -0.376 e. The smallest absolute Gasteiger partial charge is 0.136 e. The Morgan fingerprint density at radius 1 is 1.10 bits per heavy atom. The summed E-state index contributed by atoms with van der Waals surface area (Å²) in [7, 11) is 1.91. The lowest BCUT2D eigenvalue weighted by molar-refractivity contribution is 0.0898. The van der Waals surface area contributed by atoms with Crippen LogP contribution in [0.4, 0.5) is 11.6 Å². The van der Waals surface area contributed by atoms with Crippen LogP contribution in [0.15, 0.2) is 6.07 Å². The van der Waals surface area contributed by atoms with Gasteiger partial charge in [0.05, 0.1) is 12.1 Å². The number of anilines is 2. The van der Waals surface area contributed by atoms with Crippen LogP contribution in [-0.2, 0) is 4.74 Å². The van der Waals surface area contributed by atoms with Crippen molar-refractivity contribution in [1.82, 2.24) is 9.97 Å². The van der Waals surface area contributed by atoms with E-state index < -0.39 is 0 Å². The minimum atomic E-state index is 0.382. The van der Waals surface area contributed by atoms with Gasteiger partial charge in [-0.1, -0.05) is 0 Å². The number of rotatable bonds is 5. The molecule has 5 nitrogen and oxygen atoms in total. The van der Waals surface area contributed by atoms with Crippen molar-refractivity contribution >= 4 is 11.6 Å². The van der Waals surface area contributed by atoms with Crippen LogP contribution in [0.1, 0.15) is 43.8 Å². The summed E-state index contributed by atoms with van der Waals surface area (Å²) in [5.74, 6) is 4.19. The number of hydrogen-bond acceptors (Lipinski definition) is 5. The van der Waals surface area contributed by atoms with E-state index in [1.807, 2.05) is 13.1 Å². The molecule has 2 unspecified atom stereocenters. The number of nitrogens with one attached hydrogen (secondary N) is 2. The summed E-state index contributed by atoms with van der Waals surface area (Å²) in [5, 5.41) is 6.73. The zero-order chi connectivity index (χ0) is 13.5. The molecule has 108 valence electrons. The molecule has 0 aromatic carbocycles. The fourth-order valence-corrected chi connectivity index (χ4v) is 3.04. The Morgan fingerprint density at radius 3 is 2.60 bits per heavy atom. The van der Waals surface area contributed by atoms with Gasteiger partial charge >= 0.3 is 0 Å². The molecule has 3 fully saturated rings. The third kappa shape index (κ3) is 2.46. The van der Waals surface area contributed by atoms with E-state index in [4.69, 9.17) is 9.72 Å². The topological polar surface area (TPSA) is 59.1 Å². The van der Waals surface area contributed by atoms with Crippen molar-refractivity contribution in [1.29, 1.82) is 0 Å². The normalized spacial score (nSPS) is 29.4. The van der Waals surface area contributed by atoms with Gasteiger partial charge in [0.25, 0.3) is 0 Å². The van der Waals surface area contributed by atoms with Crippen LogP contribution < -0.4 is 10.6 Å². The van der Waals surface area contributed by atoms with E-state index in [0.29, 0.717) is 18.1 Å². The van der Waals surface area contributed by atoms with E-state index in [2.05, 4.69) is 15.6 Å². The van der Waals surface area contributed by atoms with Gasteiger partial charge in [-0.15, -0.1) is 0 Å². The van der Waals surface area contributed by atoms with Gasteiger partial charge in [-0.2, -0.15) is 0 Å². The van der Waals surface area contributed by atoms with Gasteiger partial charge in [-0.05, 0) is 38.0 Å². The predicted molar refractivity (Wildman–Crippen MR) is 78.0 cm³/mol. The fourth-order valence-electron chi connectivity index (χ4n) is 3.04. The average Bonchev–Trinajstić information content (AvgIpc) is 3.37. The first-order valence-corrected chi connectivity index (χ1v) is 7.78. The molecule has 2 N–H and O–H groups in total. The van der Waals surface area contributed by atoms with Crippen molar-refractivity contribution in [3.8, 4) is 0 Å². The Hall–Kier alpha value is -1.36. The molecule has 2 saturated carbocycles. The molecule has 3 aliphatic rings. The van der Waals surface area contributed by atoms with Crippen LogP contribution in [0.5, 0.6) is 0 Å². The number of nitrogens with zero attached hydrogens (tertiary/aromatic N) is 2. The van der Waals surface area contributed by atoms with E-state index in [0.717, 1.165) is 36.4 Å². The van der Waals surface area contributed by atoms with Crippen LogP contribution in [0.3, 0.4) is 0 Å². The molecule has 2 atom stereocenters. The molecule has 2 heterocycles. The first kappa shape index (κ1) is 12.4. The lowest BCUT2D eigenvalue weighted by Crippen LogP contribution is -2.31. The third-order valence-corrected chi connectivity index (χ3v) is 4.50. The quantitative estimate of drug-likeness (QED) is 0.863. The largest absolute Gasteiger partial charge is 0.376 e. The summed E-state index contributed by atoms with van der Waals surface area (Å²) in [6.45, 7) is 0.873. The van der Waals surface area contributed by atoms with Gasteiger partial charge in [0, 0.05) is 25.6 Å². The summed E-state index contributed by atoms with van der Waals surface area (Å²) in [6.07, 6.45) is 6.56. The molecule has 5 heteroatoms. The van der Waals surface area contributed by atoms with Gasteiger partial charge in [0.15, 0.2) is 0 Å². The molecule has 20 heavy (non-hydrogen) atoms. The molecule has 1 aromatic rings. The molecule has 0 amide bonds. The van der Waals surface area contributed by atoms with E-state index in [1.165, 1.54) is 25.7 Å². The molecule has 1 aromatic heterocycles. The maximum absolute atomic E-state index is 5.89. The monoisotopic (exact) mass is 274 g/mol. The standard InChI is InChI=1S/C15H22N4O/c1-16-12-8-13(19-15(18-12)10-4-5-10)17-11-6-7-20-14(11)9-2-3-9/h8-11,14H,2-7H2,1H3,(H2,16,17,18,19). The Bertz CT molecular complexity index is 499. The average molecular weight is 274 g/mol. The predicted octanol–water partition coefficient (Wildman–Crippen LogP) is 2.38. The summed E-state index contributed by atoms with van der Waals surface area (Å²) in [6, 6.07) is 2.42. The Kier molecular flexibility index (Phi) is 3.02. The van der Waals surface area contributed by atoms with Crippen molar-refractivity contribution in [3.05, 3.63) is 11.9 Å². The fraction of sp³-hybridized carbons (Fsp3) is 0.733. The lowest BCUT2D eigenvalue weighted by Gasteiger charge is -2.20. The van der Waals surface area contributed by atoms with Crippen LogP contribution >= 0.6 is 0 Å². The summed E-state index contributed by atoms with van der Waals surface area (Å²) >= 11 is 0. The molecule has 0 spiro atoms. The van der Waals surface area contributed by atoms with Crippen molar-refractivity contribution in [2.24, 2.45) is 5.92 Å². The molecule has 1 aliphatic heterocycles. The molecule has 0 bridgehead atoms.